The van der Waals surface area contributed by atoms with Crippen LogP contribution in [0.5, 0.6) is 0 Å². The van der Waals surface area contributed by atoms with Crippen LogP contribution in [0.1, 0.15) is 5.56 Å². The fraction of sp³-hybridized carbons (Fsp3) is 0.312. The highest BCUT2D eigenvalue weighted by molar-refractivity contribution is 5.77. The first kappa shape index (κ1) is 14.7. The van der Waals surface area contributed by atoms with Crippen LogP contribution in [0.25, 0.3) is 11.2 Å². The van der Waals surface area contributed by atoms with Crippen LogP contribution in [0, 0.1) is 6.92 Å². The Bertz CT molecular complexity index is 1040. The van der Waals surface area contributed by atoms with E-state index in [2.05, 4.69) is 9.97 Å². The summed E-state index contributed by atoms with van der Waals surface area (Å²) in [6, 6.07) is 7.85. The molecule has 1 aliphatic heterocycles. The summed E-state index contributed by atoms with van der Waals surface area (Å²) < 4.78 is 2.98. The third-order valence-electron chi connectivity index (χ3n) is 4.36. The van der Waals surface area contributed by atoms with Crippen LogP contribution in [0.3, 0.4) is 0 Å². The molecule has 0 aliphatic carbocycles. The second-order valence-electron chi connectivity index (χ2n) is 6.11. The molecular weight excluding hydrogens is 310 g/mol. The molecule has 2 N–H and O–H groups in total. The quantitative estimate of drug-likeness (QED) is 0.668. The van der Waals surface area contributed by atoms with E-state index in [9.17, 15) is 14.7 Å². The zero-order valence-corrected chi connectivity index (χ0v) is 13.4. The molecule has 1 aliphatic rings. The number of benzene rings is 1. The van der Waals surface area contributed by atoms with Gasteiger partial charge in [-0.15, -0.1) is 0 Å². The normalized spacial score (nSPS) is 17.3. The maximum Gasteiger partial charge on any atom is 0.329 e. The largest absolute Gasteiger partial charge is 0.389 e. The van der Waals surface area contributed by atoms with Gasteiger partial charge in [0, 0.05) is 12.7 Å². The molecule has 0 spiro atoms. The zero-order valence-electron chi connectivity index (χ0n) is 13.4. The van der Waals surface area contributed by atoms with E-state index in [4.69, 9.17) is 0 Å². The molecule has 124 valence electrons. The summed E-state index contributed by atoms with van der Waals surface area (Å²) >= 11 is 0. The number of H-pyrrole nitrogens is 1. The van der Waals surface area contributed by atoms with Crippen LogP contribution >= 0.6 is 0 Å². The minimum Gasteiger partial charge on any atom is -0.389 e. The molecule has 1 aromatic carbocycles. The van der Waals surface area contributed by atoms with Crippen molar-refractivity contribution in [3.63, 3.8) is 0 Å². The molecule has 0 amide bonds. The molecule has 8 heteroatoms. The summed E-state index contributed by atoms with van der Waals surface area (Å²) in [5.41, 5.74) is 1.60. The molecule has 0 saturated heterocycles. The molecule has 3 aromatic rings. The van der Waals surface area contributed by atoms with Crippen molar-refractivity contribution in [3.05, 3.63) is 50.7 Å². The number of hydrogen-bond donors (Lipinski definition) is 2. The summed E-state index contributed by atoms with van der Waals surface area (Å²) in [7, 11) is 1.56. The minimum absolute atomic E-state index is 0.259. The highest BCUT2D eigenvalue weighted by Gasteiger charge is 2.29. The van der Waals surface area contributed by atoms with Crippen molar-refractivity contribution < 1.29 is 5.11 Å². The van der Waals surface area contributed by atoms with Gasteiger partial charge in [0.05, 0.1) is 19.2 Å². The number of β-amino-alcohol motifs (C(OH)–C–C–N with tert-alkyl or cyclic N) is 1. The molecule has 0 unspecified atom stereocenters. The summed E-state index contributed by atoms with van der Waals surface area (Å²) in [4.78, 5) is 32.7. The minimum atomic E-state index is -0.646. The van der Waals surface area contributed by atoms with Crippen LogP contribution in [0.4, 0.5) is 11.6 Å². The number of rotatable bonds is 1. The van der Waals surface area contributed by atoms with E-state index >= 15 is 0 Å². The average Bonchev–Trinajstić information content (AvgIpc) is 2.92. The van der Waals surface area contributed by atoms with Crippen LogP contribution in [0.15, 0.2) is 33.9 Å². The van der Waals surface area contributed by atoms with Crippen molar-refractivity contribution in [2.24, 2.45) is 7.05 Å². The molecule has 4 rings (SSSR count). The molecule has 2 aromatic heterocycles. The van der Waals surface area contributed by atoms with Crippen molar-refractivity contribution in [1.29, 1.82) is 0 Å². The van der Waals surface area contributed by atoms with E-state index in [1.54, 1.807) is 11.6 Å². The number of aliphatic hydroxyl groups excluding tert-OH is 1. The number of nitrogens with zero attached hydrogens (tertiary/aromatic N) is 4. The number of aromatic amines is 1. The smallest absolute Gasteiger partial charge is 0.329 e. The zero-order chi connectivity index (χ0) is 17.0. The fourth-order valence-corrected chi connectivity index (χ4v) is 3.11. The van der Waals surface area contributed by atoms with Gasteiger partial charge in [0.2, 0.25) is 5.95 Å². The Hall–Kier alpha value is -2.87. The summed E-state index contributed by atoms with van der Waals surface area (Å²) in [5, 5.41) is 10.3. The van der Waals surface area contributed by atoms with E-state index in [0.717, 1.165) is 11.3 Å². The monoisotopic (exact) mass is 327 g/mol. The first-order valence-corrected chi connectivity index (χ1v) is 7.67. The predicted octanol–water partition coefficient (Wildman–Crippen LogP) is 0.244. The van der Waals surface area contributed by atoms with Gasteiger partial charge in [-0.2, -0.15) is 4.98 Å². The molecule has 0 bridgehead atoms. The summed E-state index contributed by atoms with van der Waals surface area (Å²) in [6.07, 6.45) is -0.646. The predicted molar refractivity (Wildman–Crippen MR) is 89.8 cm³/mol. The van der Waals surface area contributed by atoms with Gasteiger partial charge in [-0.25, -0.2) is 4.79 Å². The first-order valence-electron chi connectivity index (χ1n) is 7.67. The van der Waals surface area contributed by atoms with Crippen molar-refractivity contribution in [2.75, 3.05) is 11.4 Å². The maximum atomic E-state index is 12.2. The lowest BCUT2D eigenvalue weighted by atomic mass is 10.2. The Morgan fingerprint density at radius 2 is 1.92 bits per heavy atom. The van der Waals surface area contributed by atoms with Crippen molar-refractivity contribution in [3.8, 4) is 0 Å². The van der Waals surface area contributed by atoms with Gasteiger partial charge >= 0.3 is 5.69 Å². The Kier molecular flexibility index (Phi) is 3.10. The summed E-state index contributed by atoms with van der Waals surface area (Å²) in [6.45, 7) is 2.63. The molecule has 8 nitrogen and oxygen atoms in total. The lowest BCUT2D eigenvalue weighted by Gasteiger charge is -2.32. The highest BCUT2D eigenvalue weighted by atomic mass is 16.3. The van der Waals surface area contributed by atoms with E-state index in [1.807, 2.05) is 36.1 Å². The van der Waals surface area contributed by atoms with Gasteiger partial charge in [0.1, 0.15) is 0 Å². The molecule has 24 heavy (non-hydrogen) atoms. The Morgan fingerprint density at radius 1 is 1.21 bits per heavy atom. The number of fused-ring (bicyclic) bond motifs is 3. The number of hydrogen-bond acceptors (Lipinski definition) is 5. The van der Waals surface area contributed by atoms with Gasteiger partial charge in [0.25, 0.3) is 5.56 Å². The van der Waals surface area contributed by atoms with E-state index in [-0.39, 0.29) is 6.54 Å². The van der Waals surface area contributed by atoms with E-state index in [1.165, 1.54) is 4.57 Å². The van der Waals surface area contributed by atoms with Crippen LogP contribution in [-0.4, -0.2) is 36.9 Å². The van der Waals surface area contributed by atoms with Gasteiger partial charge in [-0.05, 0) is 19.1 Å². The van der Waals surface area contributed by atoms with Crippen LogP contribution in [-0.2, 0) is 13.6 Å². The number of nitrogens with one attached hydrogen (secondary N) is 1. The van der Waals surface area contributed by atoms with E-state index < -0.39 is 17.4 Å². The number of anilines is 2. The molecule has 0 saturated carbocycles. The standard InChI is InChI=1S/C16H17N5O3/c1-9-3-5-10(6-4-9)20-7-11(22)8-21-12-13(17-15(20)21)19(2)16(24)18-14(12)23/h3-6,11,22H,7-8H2,1-2H3,(H,18,23,24)/t11-/m0/s1. The number of imidazole rings is 1. The van der Waals surface area contributed by atoms with Gasteiger partial charge in [-0.3, -0.25) is 14.3 Å². The van der Waals surface area contributed by atoms with Gasteiger partial charge < -0.3 is 14.6 Å². The third kappa shape index (κ3) is 2.07. The topological polar surface area (TPSA) is 96.2 Å². The van der Waals surface area contributed by atoms with Crippen LogP contribution < -0.4 is 16.1 Å². The van der Waals surface area contributed by atoms with Crippen molar-refractivity contribution >= 4 is 22.8 Å². The Labute approximate surface area is 136 Å². The number of aliphatic hydroxyl groups is 1. The van der Waals surface area contributed by atoms with E-state index in [0.29, 0.717) is 23.7 Å². The molecule has 0 fully saturated rings. The SMILES string of the molecule is Cc1ccc(N2C[C@H](O)Cn3c2nc2c3c(=O)[nH]c(=O)n2C)cc1. The van der Waals surface area contributed by atoms with Crippen molar-refractivity contribution in [2.45, 2.75) is 19.6 Å². The Balaban J connectivity index is 2.00. The second kappa shape index (κ2) is 5.07. The lowest BCUT2D eigenvalue weighted by molar-refractivity contribution is 0.154. The van der Waals surface area contributed by atoms with Crippen molar-refractivity contribution in [1.82, 2.24) is 19.1 Å². The fourth-order valence-electron chi connectivity index (χ4n) is 3.11. The molecule has 1 atom stereocenters. The molecule has 3 heterocycles. The highest BCUT2D eigenvalue weighted by Crippen LogP contribution is 2.30. The average molecular weight is 327 g/mol. The number of aryl methyl sites for hydroxylation is 2. The third-order valence-corrected chi connectivity index (χ3v) is 4.36. The lowest BCUT2D eigenvalue weighted by Crippen LogP contribution is -2.39. The Morgan fingerprint density at radius 3 is 2.62 bits per heavy atom. The van der Waals surface area contributed by atoms with Gasteiger partial charge in [-0.1, -0.05) is 17.7 Å². The number of aromatic nitrogens is 4. The second-order valence-corrected chi connectivity index (χ2v) is 6.11. The maximum absolute atomic E-state index is 12.2. The molecule has 0 radical (unpaired) electrons. The summed E-state index contributed by atoms with van der Waals surface area (Å²) in [5.74, 6) is 0.547. The van der Waals surface area contributed by atoms with Crippen LogP contribution in [0.2, 0.25) is 0 Å². The van der Waals surface area contributed by atoms with Gasteiger partial charge in [0.15, 0.2) is 11.2 Å². The first-order chi connectivity index (χ1) is 11.5. The molecular formula is C16H17N5O3.